The Hall–Kier alpha value is -5.69. The van der Waals surface area contributed by atoms with Crippen LogP contribution < -0.4 is 32.1 Å². The molecule has 4 rings (SSSR count). The number of ether oxygens (including phenoxy) is 1. The zero-order chi connectivity index (χ0) is 33.1. The van der Waals surface area contributed by atoms with Gasteiger partial charge in [0.25, 0.3) is 11.8 Å². The van der Waals surface area contributed by atoms with E-state index < -0.39 is 17.6 Å². The van der Waals surface area contributed by atoms with Gasteiger partial charge in [-0.1, -0.05) is 42.5 Å². The van der Waals surface area contributed by atoms with Gasteiger partial charge in [-0.3, -0.25) is 25.4 Å². The summed E-state index contributed by atoms with van der Waals surface area (Å²) in [6.45, 7) is 8.12. The van der Waals surface area contributed by atoms with Crippen molar-refractivity contribution < 1.29 is 19.2 Å². The zero-order valence-corrected chi connectivity index (χ0v) is 26.5. The summed E-state index contributed by atoms with van der Waals surface area (Å²) in [4.78, 5) is 41.6. The molecular formula is C33H39N9O4. The van der Waals surface area contributed by atoms with Gasteiger partial charge in [-0.25, -0.2) is 4.98 Å². The van der Waals surface area contributed by atoms with E-state index in [-0.39, 0.29) is 5.57 Å². The molecule has 0 radical (unpaired) electrons. The van der Waals surface area contributed by atoms with E-state index in [2.05, 4.69) is 36.6 Å². The average molecular weight is 626 g/mol. The second-order valence-electron chi connectivity index (χ2n) is 10.6. The molecule has 0 atom stereocenters. The largest absolute Gasteiger partial charge is 0.386 e. The lowest BCUT2D eigenvalue weighted by atomic mass is 10.0. The molecule has 13 nitrogen and oxygen atoms in total. The Morgan fingerprint density at radius 2 is 1.74 bits per heavy atom. The van der Waals surface area contributed by atoms with Crippen molar-refractivity contribution in [1.82, 2.24) is 31.1 Å². The SMILES string of the molecule is CCOC(C)(C)On1cc(-c2cnc(N)c(-c3ccc(NC(=O)C(=CNCc4ccccc4)C(=O)NNC(C)=NC)cc3)c2)cn1. The number of hydrogen-bond donors (Lipinski definition) is 5. The van der Waals surface area contributed by atoms with E-state index >= 15 is 0 Å². The minimum Gasteiger partial charge on any atom is -0.386 e. The standard InChI is InChI=1S/C33H39N9O4/c1-6-45-33(3,4)46-42-21-26(19-38-42)25-16-28(30(34)37-18-25)24-12-14-27(15-13-24)39-31(43)29(32(44)41-40-22(2)35-5)20-36-17-23-10-8-7-9-11-23/h7-16,18-21,36H,6,17H2,1-5H3,(H2,34,37)(H,35,40)(H,39,43)(H,41,44). The number of nitrogens with one attached hydrogen (secondary N) is 4. The number of rotatable bonds is 12. The number of carbonyl (C=O) groups is 2. The monoisotopic (exact) mass is 625 g/mol. The van der Waals surface area contributed by atoms with Crippen LogP contribution in [0.5, 0.6) is 0 Å². The molecule has 46 heavy (non-hydrogen) atoms. The molecule has 13 heteroatoms. The first-order valence-electron chi connectivity index (χ1n) is 14.6. The number of aliphatic imine (C=N–C) groups is 1. The van der Waals surface area contributed by atoms with Crippen LogP contribution in [0.3, 0.4) is 0 Å². The maximum Gasteiger partial charge on any atom is 0.276 e. The minimum atomic E-state index is -0.849. The topological polar surface area (TPSA) is 170 Å². The van der Waals surface area contributed by atoms with Gasteiger partial charge < -0.3 is 25.9 Å². The van der Waals surface area contributed by atoms with Crippen molar-refractivity contribution in [2.45, 2.75) is 40.0 Å². The molecule has 0 bridgehead atoms. The number of amidine groups is 1. The summed E-state index contributed by atoms with van der Waals surface area (Å²) in [7, 11) is 1.58. The first-order valence-corrected chi connectivity index (χ1v) is 14.6. The van der Waals surface area contributed by atoms with Crippen LogP contribution in [-0.4, -0.2) is 52.0 Å². The summed E-state index contributed by atoms with van der Waals surface area (Å²) >= 11 is 0. The molecule has 2 heterocycles. The number of nitrogens with two attached hydrogens (primary N) is 1. The van der Waals surface area contributed by atoms with Gasteiger partial charge in [-0.2, -0.15) is 0 Å². The number of amides is 2. The predicted octanol–water partition coefficient (Wildman–Crippen LogP) is 3.68. The van der Waals surface area contributed by atoms with Crippen LogP contribution in [0.15, 0.2) is 96.0 Å². The molecule has 0 aliphatic carbocycles. The first kappa shape index (κ1) is 33.2. The van der Waals surface area contributed by atoms with E-state index in [4.69, 9.17) is 15.3 Å². The van der Waals surface area contributed by atoms with E-state index in [0.717, 1.165) is 22.3 Å². The number of nitrogens with zero attached hydrogens (tertiary/aromatic N) is 4. The van der Waals surface area contributed by atoms with Gasteiger partial charge in [0.15, 0.2) is 0 Å². The Morgan fingerprint density at radius 3 is 2.43 bits per heavy atom. The molecule has 4 aromatic rings. The molecule has 0 unspecified atom stereocenters. The Balaban J connectivity index is 1.48. The second-order valence-corrected chi connectivity index (χ2v) is 10.6. The molecule has 2 aromatic heterocycles. The van der Waals surface area contributed by atoms with Crippen LogP contribution >= 0.6 is 0 Å². The lowest BCUT2D eigenvalue weighted by Crippen LogP contribution is -2.43. The summed E-state index contributed by atoms with van der Waals surface area (Å²) in [5.74, 6) is -1.27. The highest BCUT2D eigenvalue weighted by molar-refractivity contribution is 6.22. The number of hydrazine groups is 1. The molecule has 6 N–H and O–H groups in total. The fourth-order valence-electron chi connectivity index (χ4n) is 4.27. The van der Waals surface area contributed by atoms with E-state index in [1.54, 1.807) is 44.7 Å². The lowest BCUT2D eigenvalue weighted by Gasteiger charge is -2.24. The van der Waals surface area contributed by atoms with Gasteiger partial charge in [0.1, 0.15) is 17.2 Å². The first-order chi connectivity index (χ1) is 22.1. The smallest absolute Gasteiger partial charge is 0.276 e. The summed E-state index contributed by atoms with van der Waals surface area (Å²) in [6.07, 6.45) is 6.45. The van der Waals surface area contributed by atoms with Gasteiger partial charge in [0.2, 0.25) is 5.79 Å². The third kappa shape index (κ3) is 9.16. The lowest BCUT2D eigenvalue weighted by molar-refractivity contribution is -0.218. The minimum absolute atomic E-state index is 0.133. The van der Waals surface area contributed by atoms with Crippen LogP contribution in [0.4, 0.5) is 11.5 Å². The Morgan fingerprint density at radius 1 is 1.00 bits per heavy atom. The molecule has 0 spiro atoms. The predicted molar refractivity (Wildman–Crippen MR) is 178 cm³/mol. The van der Waals surface area contributed by atoms with Crippen LogP contribution in [0.25, 0.3) is 22.3 Å². The van der Waals surface area contributed by atoms with Crippen LogP contribution in [-0.2, 0) is 20.9 Å². The van der Waals surface area contributed by atoms with Gasteiger partial charge in [0, 0.05) is 68.8 Å². The van der Waals surface area contributed by atoms with Gasteiger partial charge in [0.05, 0.1) is 12.4 Å². The van der Waals surface area contributed by atoms with Crippen molar-refractivity contribution in [1.29, 1.82) is 0 Å². The Bertz CT molecular complexity index is 1700. The van der Waals surface area contributed by atoms with Crippen molar-refractivity contribution in [3.05, 3.63) is 96.6 Å². The van der Waals surface area contributed by atoms with Crippen molar-refractivity contribution >= 4 is 29.2 Å². The normalized spacial score (nSPS) is 11.9. The highest BCUT2D eigenvalue weighted by atomic mass is 16.8. The number of carbonyl (C=O) groups excluding carboxylic acids is 2. The van der Waals surface area contributed by atoms with E-state index in [0.29, 0.717) is 36.1 Å². The van der Waals surface area contributed by atoms with Crippen molar-refractivity contribution in [2.24, 2.45) is 4.99 Å². The van der Waals surface area contributed by atoms with E-state index in [1.807, 2.05) is 69.3 Å². The number of aromatic nitrogens is 3. The Labute approximate surface area is 267 Å². The fraction of sp³-hybridized carbons (Fsp3) is 0.242. The number of anilines is 2. The molecular weight excluding hydrogens is 586 g/mol. The van der Waals surface area contributed by atoms with Crippen molar-refractivity contribution in [2.75, 3.05) is 24.7 Å². The summed E-state index contributed by atoms with van der Waals surface area (Å²) < 4.78 is 5.59. The molecule has 0 saturated heterocycles. The molecule has 2 amide bonds. The zero-order valence-electron chi connectivity index (χ0n) is 26.5. The average Bonchev–Trinajstić information content (AvgIpc) is 3.50. The molecule has 0 aliphatic heterocycles. The number of pyridine rings is 1. The maximum absolute atomic E-state index is 13.3. The number of benzene rings is 2. The van der Waals surface area contributed by atoms with E-state index in [1.165, 1.54) is 11.0 Å². The number of nitrogen functional groups attached to an aromatic ring is 1. The molecule has 0 aliphatic rings. The highest BCUT2D eigenvalue weighted by Gasteiger charge is 2.21. The van der Waals surface area contributed by atoms with Crippen LogP contribution in [0.2, 0.25) is 0 Å². The van der Waals surface area contributed by atoms with Gasteiger partial charge in [-0.05, 0) is 43.2 Å². The highest BCUT2D eigenvalue weighted by Crippen LogP contribution is 2.30. The van der Waals surface area contributed by atoms with Crippen LogP contribution in [0, 0.1) is 0 Å². The quantitative estimate of drug-likeness (QED) is 0.0300. The summed E-state index contributed by atoms with van der Waals surface area (Å²) in [5.41, 5.74) is 15.8. The maximum atomic E-state index is 13.3. The number of hydrogen-bond acceptors (Lipinski definition) is 9. The summed E-state index contributed by atoms with van der Waals surface area (Å²) in [6, 6.07) is 18.6. The van der Waals surface area contributed by atoms with Gasteiger partial charge >= 0.3 is 0 Å². The van der Waals surface area contributed by atoms with E-state index in [9.17, 15) is 9.59 Å². The van der Waals surface area contributed by atoms with Crippen molar-refractivity contribution in [3.63, 3.8) is 0 Å². The second kappa shape index (κ2) is 15.3. The van der Waals surface area contributed by atoms with Crippen LogP contribution in [0.1, 0.15) is 33.3 Å². The van der Waals surface area contributed by atoms with Crippen molar-refractivity contribution in [3.8, 4) is 22.3 Å². The molecule has 0 fully saturated rings. The Kier molecular flexibility index (Phi) is 11.1. The molecule has 240 valence electrons. The summed E-state index contributed by atoms with van der Waals surface area (Å²) in [5, 5.41) is 10.1. The molecule has 0 saturated carbocycles. The molecule has 2 aromatic carbocycles. The third-order valence-corrected chi connectivity index (χ3v) is 6.65. The fourth-order valence-corrected chi connectivity index (χ4v) is 4.27. The third-order valence-electron chi connectivity index (χ3n) is 6.65. The van der Waals surface area contributed by atoms with Gasteiger partial charge in [-0.15, -0.1) is 9.94 Å².